The van der Waals surface area contributed by atoms with Gasteiger partial charge in [-0.25, -0.2) is 4.98 Å². The molecule has 3 rings (SSSR count). The molecule has 2 unspecified atom stereocenters. The number of fused-ring (bicyclic) bond motifs is 1. The molecule has 1 fully saturated rings. The predicted molar refractivity (Wildman–Crippen MR) is 81.8 cm³/mol. The maximum absolute atomic E-state index is 9.91. The summed E-state index contributed by atoms with van der Waals surface area (Å²) in [4.78, 5) is 8.87. The zero-order valence-electron chi connectivity index (χ0n) is 12.5. The van der Waals surface area contributed by atoms with Gasteiger partial charge in [-0.15, -0.1) is 0 Å². The van der Waals surface area contributed by atoms with Crippen LogP contribution in [0.15, 0.2) is 22.6 Å². The third-order valence-corrected chi connectivity index (χ3v) is 3.88. The van der Waals surface area contributed by atoms with Crippen molar-refractivity contribution in [3.05, 3.63) is 24.1 Å². The minimum Gasteiger partial charge on any atom is -0.439 e. The monoisotopic (exact) mass is 290 g/mol. The van der Waals surface area contributed by atoms with E-state index in [-0.39, 0.29) is 6.10 Å². The average molecular weight is 290 g/mol. The molecule has 0 aliphatic carbocycles. The Balaban J connectivity index is 1.76. The van der Waals surface area contributed by atoms with E-state index in [1.807, 2.05) is 32.3 Å². The molecule has 0 saturated carbocycles. The Morgan fingerprint density at radius 2 is 2.29 bits per heavy atom. The number of likely N-dealkylation sites (N-methyl/N-ethyl adjacent to an activating group) is 1. The van der Waals surface area contributed by atoms with Gasteiger partial charge in [-0.2, -0.15) is 0 Å². The van der Waals surface area contributed by atoms with Gasteiger partial charge >= 0.3 is 0 Å². The number of aliphatic hydroxyl groups excluding tert-OH is 1. The van der Waals surface area contributed by atoms with Crippen LogP contribution in [0.4, 0.5) is 5.69 Å². The van der Waals surface area contributed by atoms with Crippen molar-refractivity contribution in [1.82, 2.24) is 14.8 Å². The molecule has 1 aliphatic heterocycles. The fourth-order valence-corrected chi connectivity index (χ4v) is 3.00. The fourth-order valence-electron chi connectivity index (χ4n) is 3.00. The number of hydrogen-bond donors (Lipinski definition) is 2. The highest BCUT2D eigenvalue weighted by molar-refractivity contribution is 5.76. The minimum atomic E-state index is -0.269. The number of oxazole rings is 1. The quantitative estimate of drug-likeness (QED) is 0.815. The van der Waals surface area contributed by atoms with Gasteiger partial charge in [0.05, 0.1) is 12.6 Å². The molecular weight excluding hydrogens is 268 g/mol. The van der Waals surface area contributed by atoms with Crippen molar-refractivity contribution in [1.29, 1.82) is 0 Å². The zero-order valence-corrected chi connectivity index (χ0v) is 12.5. The van der Waals surface area contributed by atoms with Crippen LogP contribution in [0.5, 0.6) is 0 Å². The lowest BCUT2D eigenvalue weighted by Gasteiger charge is -2.25. The van der Waals surface area contributed by atoms with Gasteiger partial charge < -0.3 is 20.2 Å². The Morgan fingerprint density at radius 1 is 1.48 bits per heavy atom. The Bertz CT molecular complexity index is 625. The molecule has 2 heterocycles. The van der Waals surface area contributed by atoms with Crippen LogP contribution in [0.25, 0.3) is 11.1 Å². The summed E-state index contributed by atoms with van der Waals surface area (Å²) in [7, 11) is 4.09. The van der Waals surface area contributed by atoms with Crippen LogP contribution in [-0.4, -0.2) is 59.2 Å². The number of likely N-dealkylation sites (tertiary alicyclic amines) is 1. The SMILES string of the molecule is CN(C)CC1CC(O)CN1Cc1nc2cc(N)ccc2o1. The average Bonchev–Trinajstić information content (AvgIpc) is 2.92. The summed E-state index contributed by atoms with van der Waals surface area (Å²) in [6.45, 7) is 2.20. The first-order valence-electron chi connectivity index (χ1n) is 7.23. The Labute approximate surface area is 124 Å². The second kappa shape index (κ2) is 5.63. The van der Waals surface area contributed by atoms with Crippen molar-refractivity contribution >= 4 is 16.8 Å². The van der Waals surface area contributed by atoms with E-state index in [1.54, 1.807) is 0 Å². The minimum absolute atomic E-state index is 0.269. The molecule has 0 radical (unpaired) electrons. The number of aromatic nitrogens is 1. The van der Waals surface area contributed by atoms with Crippen molar-refractivity contribution in [3.63, 3.8) is 0 Å². The summed E-state index contributed by atoms with van der Waals surface area (Å²) in [6.07, 6.45) is 0.528. The lowest BCUT2D eigenvalue weighted by molar-refractivity contribution is 0.162. The Morgan fingerprint density at radius 3 is 3.05 bits per heavy atom. The van der Waals surface area contributed by atoms with Crippen molar-refractivity contribution in [3.8, 4) is 0 Å². The summed E-state index contributed by atoms with van der Waals surface area (Å²) in [5.41, 5.74) is 7.98. The molecule has 0 spiro atoms. The molecule has 3 N–H and O–H groups in total. The maximum Gasteiger partial charge on any atom is 0.209 e. The lowest BCUT2D eigenvalue weighted by Crippen LogP contribution is -2.37. The second-order valence-electron chi connectivity index (χ2n) is 6.07. The summed E-state index contributed by atoms with van der Waals surface area (Å²) < 4.78 is 5.77. The highest BCUT2D eigenvalue weighted by Crippen LogP contribution is 2.23. The third-order valence-electron chi connectivity index (χ3n) is 3.88. The normalized spacial score (nSPS) is 23.4. The summed E-state index contributed by atoms with van der Waals surface area (Å²) in [5.74, 6) is 0.674. The molecule has 21 heavy (non-hydrogen) atoms. The smallest absolute Gasteiger partial charge is 0.209 e. The molecule has 1 aromatic carbocycles. The van der Waals surface area contributed by atoms with E-state index < -0.39 is 0 Å². The number of rotatable bonds is 4. The number of hydrogen-bond acceptors (Lipinski definition) is 6. The largest absolute Gasteiger partial charge is 0.439 e. The van der Waals surface area contributed by atoms with Gasteiger partial charge in [0.25, 0.3) is 0 Å². The molecule has 6 nitrogen and oxygen atoms in total. The van der Waals surface area contributed by atoms with E-state index in [1.165, 1.54) is 0 Å². The first-order valence-corrected chi connectivity index (χ1v) is 7.23. The Hall–Kier alpha value is -1.63. The summed E-state index contributed by atoms with van der Waals surface area (Å²) >= 11 is 0. The molecule has 114 valence electrons. The van der Waals surface area contributed by atoms with Gasteiger partial charge in [0.1, 0.15) is 5.52 Å². The molecule has 6 heteroatoms. The maximum atomic E-state index is 9.91. The highest BCUT2D eigenvalue weighted by Gasteiger charge is 2.32. The van der Waals surface area contributed by atoms with Crippen LogP contribution < -0.4 is 5.73 Å². The topological polar surface area (TPSA) is 78.8 Å². The van der Waals surface area contributed by atoms with Gasteiger partial charge in [-0.3, -0.25) is 4.90 Å². The van der Waals surface area contributed by atoms with Crippen molar-refractivity contribution in [2.45, 2.75) is 25.1 Å². The van der Waals surface area contributed by atoms with Gasteiger partial charge in [-0.05, 0) is 38.7 Å². The van der Waals surface area contributed by atoms with E-state index in [0.29, 0.717) is 30.7 Å². The van der Waals surface area contributed by atoms with Gasteiger partial charge in [-0.1, -0.05) is 0 Å². The van der Waals surface area contributed by atoms with Crippen molar-refractivity contribution in [2.24, 2.45) is 0 Å². The predicted octanol–water partition coefficient (Wildman–Crippen LogP) is 0.907. The number of nitrogen functional groups attached to an aromatic ring is 1. The highest BCUT2D eigenvalue weighted by atomic mass is 16.3. The van der Waals surface area contributed by atoms with Gasteiger partial charge in [0, 0.05) is 24.8 Å². The summed E-state index contributed by atoms with van der Waals surface area (Å²) in [5, 5.41) is 9.91. The van der Waals surface area contributed by atoms with Crippen LogP contribution in [0.3, 0.4) is 0 Å². The number of nitrogens with zero attached hydrogens (tertiary/aromatic N) is 3. The molecule has 2 atom stereocenters. The standard InChI is InChI=1S/C15H22N4O2/c1-18(2)7-11-6-12(20)8-19(11)9-15-17-13-5-10(16)3-4-14(13)21-15/h3-5,11-12,20H,6-9,16H2,1-2H3. The molecule has 2 aromatic rings. The number of nitrogens with two attached hydrogens (primary N) is 1. The van der Waals surface area contributed by atoms with Crippen LogP contribution in [0.2, 0.25) is 0 Å². The van der Waals surface area contributed by atoms with Crippen LogP contribution in [-0.2, 0) is 6.54 Å². The molecule has 0 amide bonds. The van der Waals surface area contributed by atoms with Crippen LogP contribution in [0.1, 0.15) is 12.3 Å². The van der Waals surface area contributed by atoms with Crippen molar-refractivity contribution < 1.29 is 9.52 Å². The number of anilines is 1. The number of benzene rings is 1. The van der Waals surface area contributed by atoms with E-state index >= 15 is 0 Å². The molecular formula is C15H22N4O2. The Kier molecular flexibility index (Phi) is 3.84. The molecule has 1 aromatic heterocycles. The van der Waals surface area contributed by atoms with Gasteiger partial charge in [0.15, 0.2) is 5.58 Å². The van der Waals surface area contributed by atoms with Gasteiger partial charge in [0.2, 0.25) is 5.89 Å². The van der Waals surface area contributed by atoms with Crippen molar-refractivity contribution in [2.75, 3.05) is 32.9 Å². The summed E-state index contributed by atoms with van der Waals surface area (Å²) in [6, 6.07) is 5.80. The first-order chi connectivity index (χ1) is 10.0. The second-order valence-corrected chi connectivity index (χ2v) is 6.07. The van der Waals surface area contributed by atoms with E-state index in [4.69, 9.17) is 10.2 Å². The molecule has 1 aliphatic rings. The van der Waals surface area contributed by atoms with E-state index in [9.17, 15) is 5.11 Å². The van der Waals surface area contributed by atoms with Crippen LogP contribution >= 0.6 is 0 Å². The number of aliphatic hydroxyl groups is 1. The van der Waals surface area contributed by atoms with E-state index in [0.717, 1.165) is 24.1 Å². The zero-order chi connectivity index (χ0) is 15.0. The lowest BCUT2D eigenvalue weighted by atomic mass is 10.2. The van der Waals surface area contributed by atoms with E-state index in [2.05, 4.69) is 14.8 Å². The third kappa shape index (κ3) is 3.18. The number of β-amino-alcohol motifs (C(OH)–C–C–N with tert-alkyl or cyclic N) is 1. The molecule has 1 saturated heterocycles. The van der Waals surface area contributed by atoms with Crippen LogP contribution in [0, 0.1) is 0 Å². The fraction of sp³-hybridized carbons (Fsp3) is 0.533. The first kappa shape index (κ1) is 14.3. The molecule has 0 bridgehead atoms.